The highest BCUT2D eigenvalue weighted by Gasteiger charge is 2.15. The van der Waals surface area contributed by atoms with E-state index in [0.717, 1.165) is 5.56 Å². The van der Waals surface area contributed by atoms with E-state index in [-0.39, 0.29) is 12.2 Å². The number of ether oxygens (including phenoxy) is 1. The number of halogens is 2. The highest BCUT2D eigenvalue weighted by atomic mass is 35.5. The summed E-state index contributed by atoms with van der Waals surface area (Å²) in [5, 5.41) is 0.312. The Morgan fingerprint density at radius 3 is 2.65 bits per heavy atom. The second-order valence-electron chi connectivity index (χ2n) is 4.54. The molecule has 0 aliphatic heterocycles. The molecule has 0 fully saturated rings. The molecule has 0 spiro atoms. The standard InChI is InChI=1S/C16H14ClFO2/c1-10-3-6-13(16(7-10)20-2)15(19)8-11-4-5-12(17)9-14(11)18/h3-7,9H,8H2,1-2H3. The molecular weight excluding hydrogens is 279 g/mol. The largest absolute Gasteiger partial charge is 0.496 e. The van der Waals surface area contributed by atoms with Gasteiger partial charge in [0.25, 0.3) is 0 Å². The van der Waals surface area contributed by atoms with Gasteiger partial charge >= 0.3 is 0 Å². The molecule has 0 amide bonds. The summed E-state index contributed by atoms with van der Waals surface area (Å²) < 4.78 is 18.9. The van der Waals surface area contributed by atoms with E-state index in [1.807, 2.05) is 13.0 Å². The average molecular weight is 293 g/mol. The molecule has 0 bridgehead atoms. The predicted molar refractivity (Wildman–Crippen MR) is 77.2 cm³/mol. The average Bonchev–Trinajstić information content (AvgIpc) is 2.41. The summed E-state index contributed by atoms with van der Waals surface area (Å²) in [6, 6.07) is 9.61. The van der Waals surface area contributed by atoms with Gasteiger partial charge in [-0.2, -0.15) is 0 Å². The maximum absolute atomic E-state index is 13.7. The second kappa shape index (κ2) is 6.06. The number of hydrogen-bond acceptors (Lipinski definition) is 2. The highest BCUT2D eigenvalue weighted by molar-refractivity contribution is 6.30. The van der Waals surface area contributed by atoms with E-state index < -0.39 is 5.82 Å². The molecule has 0 unspecified atom stereocenters. The van der Waals surface area contributed by atoms with E-state index >= 15 is 0 Å². The van der Waals surface area contributed by atoms with Crippen molar-refractivity contribution in [1.82, 2.24) is 0 Å². The van der Waals surface area contributed by atoms with E-state index in [4.69, 9.17) is 16.3 Å². The van der Waals surface area contributed by atoms with E-state index in [1.54, 1.807) is 18.2 Å². The topological polar surface area (TPSA) is 26.3 Å². The molecular formula is C16H14ClFO2. The smallest absolute Gasteiger partial charge is 0.171 e. The summed E-state index contributed by atoms with van der Waals surface area (Å²) >= 11 is 5.69. The quantitative estimate of drug-likeness (QED) is 0.789. The summed E-state index contributed by atoms with van der Waals surface area (Å²) in [5.74, 6) is -0.163. The van der Waals surface area contributed by atoms with Crippen LogP contribution in [0.25, 0.3) is 0 Å². The third kappa shape index (κ3) is 3.17. The van der Waals surface area contributed by atoms with Crippen molar-refractivity contribution in [1.29, 1.82) is 0 Å². The molecule has 0 saturated heterocycles. The van der Waals surface area contributed by atoms with Crippen molar-refractivity contribution >= 4 is 17.4 Å². The second-order valence-corrected chi connectivity index (χ2v) is 4.98. The van der Waals surface area contributed by atoms with Crippen LogP contribution in [-0.4, -0.2) is 12.9 Å². The molecule has 104 valence electrons. The first-order chi connectivity index (χ1) is 9.51. The van der Waals surface area contributed by atoms with Gasteiger partial charge in [0.15, 0.2) is 5.78 Å². The minimum atomic E-state index is -0.475. The summed E-state index contributed by atoms with van der Waals surface area (Å²) in [6.45, 7) is 1.91. The summed E-state index contributed by atoms with van der Waals surface area (Å²) in [6.07, 6.45) is -0.0254. The van der Waals surface area contributed by atoms with Crippen molar-refractivity contribution < 1.29 is 13.9 Å². The number of carbonyl (C=O) groups is 1. The maximum Gasteiger partial charge on any atom is 0.171 e. The number of rotatable bonds is 4. The molecule has 2 nitrogen and oxygen atoms in total. The van der Waals surface area contributed by atoms with Crippen molar-refractivity contribution in [3.05, 3.63) is 63.9 Å². The number of benzene rings is 2. The van der Waals surface area contributed by atoms with Gasteiger partial charge in [-0.3, -0.25) is 4.79 Å². The lowest BCUT2D eigenvalue weighted by atomic mass is 10.0. The molecule has 20 heavy (non-hydrogen) atoms. The highest BCUT2D eigenvalue weighted by Crippen LogP contribution is 2.23. The molecule has 2 aromatic carbocycles. The lowest BCUT2D eigenvalue weighted by Gasteiger charge is -2.09. The summed E-state index contributed by atoms with van der Waals surface area (Å²) in [4.78, 5) is 12.3. The first-order valence-corrected chi connectivity index (χ1v) is 6.51. The first-order valence-electron chi connectivity index (χ1n) is 6.13. The van der Waals surface area contributed by atoms with Gasteiger partial charge in [-0.25, -0.2) is 4.39 Å². The van der Waals surface area contributed by atoms with Crippen LogP contribution in [0.3, 0.4) is 0 Å². The van der Waals surface area contributed by atoms with Crippen molar-refractivity contribution in [2.24, 2.45) is 0 Å². The van der Waals surface area contributed by atoms with Crippen LogP contribution in [0.5, 0.6) is 5.75 Å². The lowest BCUT2D eigenvalue weighted by Crippen LogP contribution is -2.07. The SMILES string of the molecule is COc1cc(C)ccc1C(=O)Cc1ccc(Cl)cc1F. The number of carbonyl (C=O) groups excluding carboxylic acids is 1. The molecule has 0 radical (unpaired) electrons. The molecule has 4 heteroatoms. The van der Waals surface area contributed by atoms with Gasteiger partial charge in [0.2, 0.25) is 0 Å². The Bertz CT molecular complexity index is 653. The zero-order chi connectivity index (χ0) is 14.7. The molecule has 0 saturated carbocycles. The predicted octanol–water partition coefficient (Wildman–Crippen LogP) is 4.22. The van der Waals surface area contributed by atoms with Gasteiger partial charge in [-0.15, -0.1) is 0 Å². The fraction of sp³-hybridized carbons (Fsp3) is 0.188. The normalized spacial score (nSPS) is 10.4. The molecule has 2 rings (SSSR count). The van der Waals surface area contributed by atoms with Gasteiger partial charge in [-0.1, -0.05) is 23.7 Å². The lowest BCUT2D eigenvalue weighted by molar-refractivity contribution is 0.0989. The van der Waals surface area contributed by atoms with Crippen molar-refractivity contribution in [3.63, 3.8) is 0 Å². The van der Waals surface area contributed by atoms with Crippen LogP contribution >= 0.6 is 11.6 Å². The van der Waals surface area contributed by atoms with Crippen LogP contribution in [0.2, 0.25) is 5.02 Å². The van der Waals surface area contributed by atoms with Crippen molar-refractivity contribution in [2.75, 3.05) is 7.11 Å². The van der Waals surface area contributed by atoms with Gasteiger partial charge in [0, 0.05) is 11.4 Å². The number of hydrogen-bond donors (Lipinski definition) is 0. The monoisotopic (exact) mass is 292 g/mol. The first kappa shape index (κ1) is 14.5. The third-order valence-electron chi connectivity index (χ3n) is 3.02. The zero-order valence-electron chi connectivity index (χ0n) is 11.2. The third-order valence-corrected chi connectivity index (χ3v) is 3.26. The Morgan fingerprint density at radius 2 is 2.00 bits per heavy atom. The van der Waals surface area contributed by atoms with Crippen molar-refractivity contribution in [3.8, 4) is 5.75 Å². The Hall–Kier alpha value is -1.87. The maximum atomic E-state index is 13.7. The van der Waals surface area contributed by atoms with Crippen LogP contribution < -0.4 is 4.74 Å². The molecule has 0 aliphatic carbocycles. The number of methoxy groups -OCH3 is 1. The van der Waals surface area contributed by atoms with Crippen LogP contribution in [0.15, 0.2) is 36.4 Å². The van der Waals surface area contributed by atoms with Crippen LogP contribution in [-0.2, 0) is 6.42 Å². The van der Waals surface area contributed by atoms with Crippen molar-refractivity contribution in [2.45, 2.75) is 13.3 Å². The minimum Gasteiger partial charge on any atom is -0.496 e. The zero-order valence-corrected chi connectivity index (χ0v) is 12.0. The molecule has 0 atom stereocenters. The number of Topliss-reactive ketones (excluding diaryl/α,β-unsaturated/α-hetero) is 1. The fourth-order valence-corrected chi connectivity index (χ4v) is 2.12. The van der Waals surface area contributed by atoms with Crippen LogP contribution in [0, 0.1) is 12.7 Å². The summed E-state index contributed by atoms with van der Waals surface area (Å²) in [7, 11) is 1.51. The Labute approximate surface area is 122 Å². The number of aryl methyl sites for hydroxylation is 1. The van der Waals surface area contributed by atoms with E-state index in [1.165, 1.54) is 19.2 Å². The van der Waals surface area contributed by atoms with Gasteiger partial charge < -0.3 is 4.74 Å². The molecule has 0 heterocycles. The van der Waals surface area contributed by atoms with E-state index in [0.29, 0.717) is 21.9 Å². The molecule has 0 aromatic heterocycles. The molecule has 0 N–H and O–H groups in total. The van der Waals surface area contributed by atoms with Crippen LogP contribution in [0.1, 0.15) is 21.5 Å². The Kier molecular flexibility index (Phi) is 4.40. The number of ketones is 1. The fourth-order valence-electron chi connectivity index (χ4n) is 1.96. The van der Waals surface area contributed by atoms with Gasteiger partial charge in [0.1, 0.15) is 11.6 Å². The molecule has 2 aromatic rings. The van der Waals surface area contributed by atoms with Gasteiger partial charge in [-0.05, 0) is 42.3 Å². The summed E-state index contributed by atoms with van der Waals surface area (Å²) in [5.41, 5.74) is 1.77. The minimum absolute atomic E-state index is 0.0254. The Morgan fingerprint density at radius 1 is 1.25 bits per heavy atom. The molecule has 0 aliphatic rings. The van der Waals surface area contributed by atoms with Gasteiger partial charge in [0.05, 0.1) is 12.7 Å². The Balaban J connectivity index is 2.28. The van der Waals surface area contributed by atoms with Crippen LogP contribution in [0.4, 0.5) is 4.39 Å². The van der Waals surface area contributed by atoms with E-state index in [9.17, 15) is 9.18 Å². The van der Waals surface area contributed by atoms with E-state index in [2.05, 4.69) is 0 Å².